The Morgan fingerprint density at radius 2 is 2.24 bits per heavy atom. The van der Waals surface area contributed by atoms with Crippen molar-refractivity contribution in [2.24, 2.45) is 5.92 Å². The van der Waals surface area contributed by atoms with Crippen molar-refractivity contribution in [2.75, 3.05) is 19.6 Å². The fraction of sp³-hybridized carbons (Fsp3) is 0.769. The van der Waals surface area contributed by atoms with Gasteiger partial charge in [0.15, 0.2) is 0 Å². The zero-order valence-corrected chi connectivity index (χ0v) is 12.9. The Kier molecular flexibility index (Phi) is 4.58. The number of piperidine rings is 1. The lowest BCUT2D eigenvalue weighted by atomic mass is 10.00. The van der Waals surface area contributed by atoms with Crippen LogP contribution in [0.4, 0.5) is 0 Å². The molecule has 118 valence electrons. The Balaban J connectivity index is 1.50. The Labute approximate surface area is 125 Å². The summed E-state index contributed by atoms with van der Waals surface area (Å²) in [5.74, 6) is 0.420. The number of nitrogens with zero attached hydrogens (tertiary/aromatic N) is 2. The minimum atomic E-state index is -3.41. The topological polar surface area (TPSA) is 90.1 Å². The van der Waals surface area contributed by atoms with Gasteiger partial charge in [0.2, 0.25) is 0 Å². The molecule has 3 N–H and O–H groups in total. The molecule has 1 unspecified atom stereocenters. The molecule has 2 aliphatic rings. The fourth-order valence-electron chi connectivity index (χ4n) is 2.67. The maximum atomic E-state index is 12.3. The normalized spacial score (nSPS) is 24.3. The standard InChI is InChI=1S/C13H23N5O2S/c19-21(20,17-8-13-7-14-10-16-13)18-5-1-2-11(9-18)6-15-12-3-4-12/h7,10-12,15,17H,1-6,8-9H2,(H,14,16). The molecule has 1 aliphatic carbocycles. The van der Waals surface area contributed by atoms with E-state index in [0.717, 1.165) is 25.1 Å². The van der Waals surface area contributed by atoms with E-state index in [9.17, 15) is 8.42 Å². The lowest BCUT2D eigenvalue weighted by Gasteiger charge is -2.32. The molecule has 0 amide bonds. The third kappa shape index (κ3) is 4.26. The van der Waals surface area contributed by atoms with Crippen molar-refractivity contribution in [3.8, 4) is 0 Å². The third-order valence-corrected chi connectivity index (χ3v) is 5.61. The van der Waals surface area contributed by atoms with Crippen LogP contribution >= 0.6 is 0 Å². The van der Waals surface area contributed by atoms with Crippen LogP contribution in [0.15, 0.2) is 12.5 Å². The second-order valence-electron chi connectivity index (χ2n) is 5.95. The summed E-state index contributed by atoms with van der Waals surface area (Å²) in [5, 5.41) is 3.50. The van der Waals surface area contributed by atoms with E-state index in [-0.39, 0.29) is 6.54 Å². The summed E-state index contributed by atoms with van der Waals surface area (Å²) in [7, 11) is -3.41. The third-order valence-electron chi connectivity index (χ3n) is 4.09. The maximum absolute atomic E-state index is 12.3. The summed E-state index contributed by atoms with van der Waals surface area (Å²) in [5.41, 5.74) is 0.766. The van der Waals surface area contributed by atoms with Crippen LogP contribution in [0.25, 0.3) is 0 Å². The molecule has 1 atom stereocenters. The van der Waals surface area contributed by atoms with Gasteiger partial charge >= 0.3 is 0 Å². The van der Waals surface area contributed by atoms with Crippen molar-refractivity contribution >= 4 is 10.2 Å². The van der Waals surface area contributed by atoms with Crippen molar-refractivity contribution in [3.63, 3.8) is 0 Å². The van der Waals surface area contributed by atoms with Crippen LogP contribution in [0.1, 0.15) is 31.4 Å². The van der Waals surface area contributed by atoms with Crippen LogP contribution in [-0.4, -0.2) is 48.4 Å². The molecular weight excluding hydrogens is 290 g/mol. The first-order chi connectivity index (χ1) is 10.1. The SMILES string of the molecule is O=S(=O)(NCc1cnc[nH]1)N1CCCC(CNC2CC2)C1. The van der Waals surface area contributed by atoms with E-state index in [2.05, 4.69) is 20.0 Å². The molecular formula is C13H23N5O2S. The van der Waals surface area contributed by atoms with Gasteiger partial charge in [0.25, 0.3) is 10.2 Å². The van der Waals surface area contributed by atoms with Gasteiger partial charge < -0.3 is 10.3 Å². The predicted molar refractivity (Wildman–Crippen MR) is 79.7 cm³/mol. The first kappa shape index (κ1) is 15.0. The molecule has 8 heteroatoms. The predicted octanol–water partition coefficient (Wildman–Crippen LogP) is 0.208. The Morgan fingerprint density at radius 1 is 1.38 bits per heavy atom. The van der Waals surface area contributed by atoms with E-state index >= 15 is 0 Å². The fourth-order valence-corrected chi connectivity index (χ4v) is 3.97. The largest absolute Gasteiger partial charge is 0.347 e. The van der Waals surface area contributed by atoms with E-state index in [1.807, 2.05) is 0 Å². The van der Waals surface area contributed by atoms with Gasteiger partial charge in [-0.25, -0.2) is 4.98 Å². The van der Waals surface area contributed by atoms with Crippen LogP contribution in [0.2, 0.25) is 0 Å². The highest BCUT2D eigenvalue weighted by molar-refractivity contribution is 7.87. The van der Waals surface area contributed by atoms with E-state index in [0.29, 0.717) is 25.0 Å². The van der Waals surface area contributed by atoms with Gasteiger partial charge in [0.05, 0.1) is 12.9 Å². The van der Waals surface area contributed by atoms with Gasteiger partial charge in [0, 0.05) is 31.0 Å². The van der Waals surface area contributed by atoms with Crippen LogP contribution < -0.4 is 10.0 Å². The van der Waals surface area contributed by atoms with Gasteiger partial charge in [-0.1, -0.05) is 0 Å². The van der Waals surface area contributed by atoms with Crippen LogP contribution in [0.5, 0.6) is 0 Å². The first-order valence-electron chi connectivity index (χ1n) is 7.59. The van der Waals surface area contributed by atoms with E-state index < -0.39 is 10.2 Å². The highest BCUT2D eigenvalue weighted by atomic mass is 32.2. The van der Waals surface area contributed by atoms with E-state index in [1.165, 1.54) is 12.8 Å². The van der Waals surface area contributed by atoms with Gasteiger partial charge in [-0.05, 0) is 38.1 Å². The molecule has 2 heterocycles. The molecule has 1 aliphatic heterocycles. The highest BCUT2D eigenvalue weighted by Gasteiger charge is 2.30. The van der Waals surface area contributed by atoms with Crippen LogP contribution in [0, 0.1) is 5.92 Å². The first-order valence-corrected chi connectivity index (χ1v) is 9.03. The number of imidazole rings is 1. The van der Waals surface area contributed by atoms with Crippen molar-refractivity contribution < 1.29 is 8.42 Å². The number of rotatable bonds is 7. The zero-order valence-electron chi connectivity index (χ0n) is 12.1. The molecule has 21 heavy (non-hydrogen) atoms. The van der Waals surface area contributed by atoms with Crippen molar-refractivity contribution in [2.45, 2.75) is 38.3 Å². The number of aromatic nitrogens is 2. The lowest BCUT2D eigenvalue weighted by molar-refractivity contribution is 0.257. The van der Waals surface area contributed by atoms with Gasteiger partial charge in [-0.15, -0.1) is 0 Å². The van der Waals surface area contributed by atoms with Crippen LogP contribution in [-0.2, 0) is 16.8 Å². The minimum Gasteiger partial charge on any atom is -0.347 e. The number of hydrogen-bond acceptors (Lipinski definition) is 4. The van der Waals surface area contributed by atoms with Gasteiger partial charge in [-0.2, -0.15) is 17.4 Å². The Morgan fingerprint density at radius 3 is 2.95 bits per heavy atom. The second-order valence-corrected chi connectivity index (χ2v) is 7.71. The van der Waals surface area contributed by atoms with Crippen molar-refractivity contribution in [1.82, 2.24) is 24.3 Å². The zero-order chi connectivity index (χ0) is 14.7. The number of hydrogen-bond donors (Lipinski definition) is 3. The molecule has 0 radical (unpaired) electrons. The molecule has 0 bridgehead atoms. The molecule has 3 rings (SSSR count). The minimum absolute atomic E-state index is 0.254. The number of H-pyrrole nitrogens is 1. The molecule has 1 saturated heterocycles. The summed E-state index contributed by atoms with van der Waals surface area (Å²) in [4.78, 5) is 6.78. The molecule has 1 aromatic heterocycles. The second kappa shape index (κ2) is 6.43. The van der Waals surface area contributed by atoms with Crippen LogP contribution in [0.3, 0.4) is 0 Å². The maximum Gasteiger partial charge on any atom is 0.279 e. The average molecular weight is 313 g/mol. The molecule has 1 aromatic rings. The molecule has 0 spiro atoms. The Bertz CT molecular complexity index is 541. The summed E-state index contributed by atoms with van der Waals surface area (Å²) in [6.45, 7) is 2.40. The Hall–Kier alpha value is -0.960. The van der Waals surface area contributed by atoms with E-state index in [4.69, 9.17) is 0 Å². The molecule has 1 saturated carbocycles. The summed E-state index contributed by atoms with van der Waals surface area (Å²) in [6.07, 6.45) is 7.74. The summed E-state index contributed by atoms with van der Waals surface area (Å²) >= 11 is 0. The molecule has 0 aromatic carbocycles. The highest BCUT2D eigenvalue weighted by Crippen LogP contribution is 2.22. The quantitative estimate of drug-likeness (QED) is 0.671. The monoisotopic (exact) mass is 313 g/mol. The summed E-state index contributed by atoms with van der Waals surface area (Å²) in [6, 6.07) is 0.676. The lowest BCUT2D eigenvalue weighted by Crippen LogP contribution is -2.47. The molecule has 2 fully saturated rings. The average Bonchev–Trinajstić information content (AvgIpc) is 3.17. The van der Waals surface area contributed by atoms with Crippen molar-refractivity contribution in [1.29, 1.82) is 0 Å². The van der Waals surface area contributed by atoms with E-state index in [1.54, 1.807) is 16.8 Å². The number of nitrogens with one attached hydrogen (secondary N) is 3. The van der Waals surface area contributed by atoms with Crippen molar-refractivity contribution in [3.05, 3.63) is 18.2 Å². The molecule has 7 nitrogen and oxygen atoms in total. The smallest absolute Gasteiger partial charge is 0.279 e. The number of aromatic amines is 1. The van der Waals surface area contributed by atoms with Gasteiger partial charge in [-0.3, -0.25) is 0 Å². The van der Waals surface area contributed by atoms with Gasteiger partial charge in [0.1, 0.15) is 0 Å². The summed E-state index contributed by atoms with van der Waals surface area (Å²) < 4.78 is 28.9.